The number of nitrogens with zero attached hydrogens (tertiary/aromatic N) is 1. The van der Waals surface area contributed by atoms with Crippen molar-refractivity contribution in [2.75, 3.05) is 13.2 Å². The van der Waals surface area contributed by atoms with Crippen LogP contribution in [0.2, 0.25) is 0 Å². The minimum atomic E-state index is -4.87. The Morgan fingerprint density at radius 3 is 2.00 bits per heavy atom. The Bertz CT molecular complexity index is 1310. The number of esters is 4. The first-order valence-corrected chi connectivity index (χ1v) is 13.5. The molecule has 1 saturated heterocycles. The van der Waals surface area contributed by atoms with E-state index in [4.69, 9.17) is 33.5 Å². The Morgan fingerprint density at radius 1 is 0.886 bits per heavy atom. The lowest BCUT2D eigenvalue weighted by atomic mass is 9.98. The maximum absolute atomic E-state index is 14.0. The van der Waals surface area contributed by atoms with Crippen LogP contribution in [0.15, 0.2) is 24.3 Å². The number of aromatic amines is 1. The van der Waals surface area contributed by atoms with Gasteiger partial charge in [-0.2, -0.15) is 13.2 Å². The molecular formula is C28H33F3N2O11. The van der Waals surface area contributed by atoms with E-state index in [1.807, 2.05) is 5.10 Å². The van der Waals surface area contributed by atoms with Gasteiger partial charge in [0, 0.05) is 40.7 Å². The molecule has 44 heavy (non-hydrogen) atoms. The Balaban J connectivity index is 2.04. The van der Waals surface area contributed by atoms with Crippen molar-refractivity contribution in [3.8, 4) is 5.88 Å². The van der Waals surface area contributed by atoms with Crippen LogP contribution >= 0.6 is 0 Å². The van der Waals surface area contributed by atoms with Crippen molar-refractivity contribution < 1.29 is 65.9 Å². The summed E-state index contributed by atoms with van der Waals surface area (Å²) in [6.07, 6.45) is -12.0. The fourth-order valence-electron chi connectivity index (χ4n) is 4.55. The molecule has 5 atom stereocenters. The van der Waals surface area contributed by atoms with Gasteiger partial charge in [0.15, 0.2) is 12.2 Å². The zero-order chi connectivity index (χ0) is 32.6. The van der Waals surface area contributed by atoms with E-state index in [0.29, 0.717) is 18.4 Å². The Kier molecular flexibility index (Phi) is 11.7. The molecule has 2 N–H and O–H groups in total. The van der Waals surface area contributed by atoms with Crippen LogP contribution in [0, 0.1) is 0 Å². The minimum absolute atomic E-state index is 0.00828. The zero-order valence-corrected chi connectivity index (χ0v) is 24.3. The number of hydrogen-bond donors (Lipinski definition) is 2. The van der Waals surface area contributed by atoms with E-state index >= 15 is 0 Å². The molecule has 0 spiro atoms. The number of aliphatic hydroxyl groups is 1. The highest BCUT2D eigenvalue weighted by atomic mass is 19.4. The van der Waals surface area contributed by atoms with Crippen LogP contribution in [0.3, 0.4) is 0 Å². The largest absolute Gasteiger partial charge is 0.463 e. The number of rotatable bonds is 12. The van der Waals surface area contributed by atoms with Crippen LogP contribution in [0.25, 0.3) is 0 Å². The van der Waals surface area contributed by atoms with E-state index in [2.05, 4.69) is 5.10 Å². The number of H-pyrrole nitrogens is 1. The lowest BCUT2D eigenvalue weighted by Gasteiger charge is -2.43. The molecule has 1 fully saturated rings. The van der Waals surface area contributed by atoms with Crippen LogP contribution in [0.5, 0.6) is 5.88 Å². The van der Waals surface area contributed by atoms with Crippen LogP contribution in [0.4, 0.5) is 13.2 Å². The van der Waals surface area contributed by atoms with Crippen molar-refractivity contribution >= 4 is 23.9 Å². The molecule has 16 heteroatoms. The van der Waals surface area contributed by atoms with Gasteiger partial charge in [-0.3, -0.25) is 24.3 Å². The monoisotopic (exact) mass is 630 g/mol. The number of carbonyl (C=O) groups is 4. The number of aromatic nitrogens is 2. The molecule has 1 aliphatic rings. The zero-order valence-electron chi connectivity index (χ0n) is 24.3. The topological polar surface area (TPSA) is 173 Å². The van der Waals surface area contributed by atoms with E-state index in [0.717, 1.165) is 33.3 Å². The quantitative estimate of drug-likeness (QED) is 0.260. The van der Waals surface area contributed by atoms with Gasteiger partial charge in [0.25, 0.3) is 0 Å². The van der Waals surface area contributed by atoms with Gasteiger partial charge in [0.1, 0.15) is 18.4 Å². The molecule has 1 aromatic heterocycles. The van der Waals surface area contributed by atoms with Crippen molar-refractivity contribution in [2.45, 2.75) is 83.8 Å². The molecule has 0 bridgehead atoms. The third-order valence-electron chi connectivity index (χ3n) is 6.32. The van der Waals surface area contributed by atoms with Crippen molar-refractivity contribution in [2.24, 2.45) is 0 Å². The van der Waals surface area contributed by atoms with Crippen LogP contribution in [-0.2, 0) is 61.9 Å². The number of aryl methyl sites for hydroxylation is 1. The lowest BCUT2D eigenvalue weighted by molar-refractivity contribution is -0.289. The first-order valence-electron chi connectivity index (χ1n) is 13.5. The SMILES string of the molecule is CC(=O)OC[C@H]1O[C@@H](Oc2n[nH]c(C(F)(F)F)c2Cc2ccc(CCCO)cc2)[C@H](OC(C)=O)[C@@H](OC(C)=O)[C@@H]1OC(C)=O. The highest BCUT2D eigenvalue weighted by Crippen LogP contribution is 2.38. The lowest BCUT2D eigenvalue weighted by Crippen LogP contribution is -2.63. The Labute approximate surface area is 249 Å². The van der Waals surface area contributed by atoms with Crippen LogP contribution in [0.1, 0.15) is 56.5 Å². The van der Waals surface area contributed by atoms with Crippen molar-refractivity contribution in [3.05, 3.63) is 46.6 Å². The van der Waals surface area contributed by atoms with Gasteiger partial charge in [-0.05, 0) is 24.0 Å². The van der Waals surface area contributed by atoms with Gasteiger partial charge >= 0.3 is 30.1 Å². The summed E-state index contributed by atoms with van der Waals surface area (Å²) in [6, 6.07) is 6.69. The average Bonchev–Trinajstić information content (AvgIpc) is 3.32. The Morgan fingerprint density at radius 2 is 1.45 bits per heavy atom. The fourth-order valence-corrected chi connectivity index (χ4v) is 4.55. The average molecular weight is 631 g/mol. The maximum Gasteiger partial charge on any atom is 0.433 e. The van der Waals surface area contributed by atoms with Gasteiger partial charge in [0.2, 0.25) is 18.3 Å². The van der Waals surface area contributed by atoms with E-state index < -0.39 is 84.5 Å². The summed E-state index contributed by atoms with van der Waals surface area (Å²) in [7, 11) is 0. The normalized spacial score (nSPS) is 21.7. The van der Waals surface area contributed by atoms with Crippen LogP contribution in [-0.4, -0.2) is 83.1 Å². The van der Waals surface area contributed by atoms with E-state index in [9.17, 15) is 32.3 Å². The third kappa shape index (κ3) is 9.41. The number of carbonyl (C=O) groups excluding carboxylic acids is 4. The molecule has 2 aromatic rings. The van der Waals surface area contributed by atoms with Crippen LogP contribution < -0.4 is 4.74 Å². The second kappa shape index (κ2) is 15.0. The van der Waals surface area contributed by atoms with Crippen molar-refractivity contribution in [3.63, 3.8) is 0 Å². The predicted octanol–water partition coefficient (Wildman–Crippen LogP) is 2.41. The first-order chi connectivity index (χ1) is 20.7. The molecule has 0 saturated carbocycles. The predicted molar refractivity (Wildman–Crippen MR) is 141 cm³/mol. The minimum Gasteiger partial charge on any atom is -0.463 e. The first kappa shape index (κ1) is 34.3. The summed E-state index contributed by atoms with van der Waals surface area (Å²) in [5.41, 5.74) is -0.271. The second-order valence-electron chi connectivity index (χ2n) is 9.89. The van der Waals surface area contributed by atoms with Crippen molar-refractivity contribution in [1.29, 1.82) is 0 Å². The number of nitrogens with one attached hydrogen (secondary N) is 1. The van der Waals surface area contributed by atoms with Gasteiger partial charge in [-0.1, -0.05) is 24.3 Å². The summed E-state index contributed by atoms with van der Waals surface area (Å²) in [4.78, 5) is 47.6. The van der Waals surface area contributed by atoms with E-state index in [1.165, 1.54) is 0 Å². The van der Waals surface area contributed by atoms with Gasteiger partial charge < -0.3 is 33.5 Å². The summed E-state index contributed by atoms with van der Waals surface area (Å²) in [6.45, 7) is 3.62. The number of halogens is 3. The standard InChI is InChI=1S/C28H33F3N2O11/c1-14(35)39-13-21-22(40-15(2)36)23(41-16(3)37)24(42-17(4)38)27(43-21)44-26-20(25(32-33-26)28(29,30)31)12-19-9-7-18(8-10-19)6-5-11-34/h7-10,21-24,27,34H,5-6,11-13H2,1-4H3,(H,32,33)/t21-,22-,23+,24-,27+/m1/s1. The molecule has 0 amide bonds. The van der Waals surface area contributed by atoms with E-state index in [1.54, 1.807) is 24.3 Å². The molecule has 0 aliphatic carbocycles. The summed E-state index contributed by atoms with van der Waals surface area (Å²) in [5, 5.41) is 14.7. The molecule has 0 radical (unpaired) electrons. The molecule has 1 aliphatic heterocycles. The molecule has 3 rings (SSSR count). The highest BCUT2D eigenvalue weighted by molar-refractivity contribution is 5.68. The number of ether oxygens (including phenoxy) is 6. The summed E-state index contributed by atoms with van der Waals surface area (Å²) < 4.78 is 74.6. The number of benzene rings is 1. The number of hydrogen-bond acceptors (Lipinski definition) is 12. The third-order valence-corrected chi connectivity index (χ3v) is 6.32. The smallest absolute Gasteiger partial charge is 0.433 e. The van der Waals surface area contributed by atoms with Gasteiger partial charge in [0.05, 0.1) is 5.56 Å². The van der Waals surface area contributed by atoms with Gasteiger partial charge in [-0.15, -0.1) is 5.10 Å². The summed E-state index contributed by atoms with van der Waals surface area (Å²) in [5.74, 6) is -3.97. The molecular weight excluding hydrogens is 597 g/mol. The van der Waals surface area contributed by atoms with Crippen molar-refractivity contribution in [1.82, 2.24) is 10.2 Å². The Hall–Kier alpha value is -4.18. The summed E-state index contributed by atoms with van der Waals surface area (Å²) >= 11 is 0. The number of aliphatic hydroxyl groups excluding tert-OH is 1. The maximum atomic E-state index is 14.0. The molecule has 1 aromatic carbocycles. The molecule has 2 heterocycles. The fraction of sp³-hybridized carbons (Fsp3) is 0.536. The molecule has 242 valence electrons. The number of alkyl halides is 3. The van der Waals surface area contributed by atoms with E-state index in [-0.39, 0.29) is 13.0 Å². The molecule has 0 unspecified atom stereocenters. The highest BCUT2D eigenvalue weighted by Gasteiger charge is 2.54. The second-order valence-corrected chi connectivity index (χ2v) is 9.89. The van der Waals surface area contributed by atoms with Gasteiger partial charge in [-0.25, -0.2) is 0 Å². The molecule has 13 nitrogen and oxygen atoms in total.